The molecule has 162 valence electrons. The quantitative estimate of drug-likeness (QED) is 0.666. The minimum Gasteiger partial charge on any atom is -0.467 e. The van der Waals surface area contributed by atoms with Crippen LogP contribution in [0.15, 0.2) is 52.0 Å². The molecule has 6 nitrogen and oxygen atoms in total. The highest BCUT2D eigenvalue weighted by Crippen LogP contribution is 2.33. The molecular weight excluding hydrogens is 400 g/mol. The van der Waals surface area contributed by atoms with Gasteiger partial charge in [-0.3, -0.25) is 4.79 Å². The molecule has 0 atom stereocenters. The molecule has 2 aliphatic rings. The van der Waals surface area contributed by atoms with Crippen LogP contribution in [0.3, 0.4) is 0 Å². The van der Waals surface area contributed by atoms with Gasteiger partial charge in [0.05, 0.1) is 17.7 Å². The normalized spacial score (nSPS) is 18.6. The van der Waals surface area contributed by atoms with Gasteiger partial charge in [0.15, 0.2) is 0 Å². The molecule has 0 bridgehead atoms. The van der Waals surface area contributed by atoms with E-state index in [9.17, 15) is 13.2 Å². The highest BCUT2D eigenvalue weighted by atomic mass is 32.2. The van der Waals surface area contributed by atoms with E-state index in [0.717, 1.165) is 24.2 Å². The number of rotatable bonds is 7. The first-order chi connectivity index (χ1) is 14.4. The van der Waals surface area contributed by atoms with Crippen molar-refractivity contribution in [3.63, 3.8) is 0 Å². The third kappa shape index (κ3) is 4.47. The first-order valence-electron chi connectivity index (χ1n) is 10.8. The number of hydrogen-bond acceptors (Lipinski definition) is 4. The molecule has 2 heterocycles. The van der Waals surface area contributed by atoms with Gasteiger partial charge in [-0.2, -0.15) is 4.31 Å². The van der Waals surface area contributed by atoms with Crippen LogP contribution in [-0.2, 0) is 21.4 Å². The molecule has 7 heteroatoms. The lowest BCUT2D eigenvalue weighted by molar-refractivity contribution is -0.138. The van der Waals surface area contributed by atoms with Gasteiger partial charge in [0, 0.05) is 25.0 Å². The molecule has 1 aliphatic heterocycles. The summed E-state index contributed by atoms with van der Waals surface area (Å²) in [6, 6.07) is 11.2. The van der Waals surface area contributed by atoms with E-state index < -0.39 is 10.0 Å². The van der Waals surface area contributed by atoms with Crippen LogP contribution in [0.25, 0.3) is 0 Å². The molecule has 1 saturated carbocycles. The summed E-state index contributed by atoms with van der Waals surface area (Å²) >= 11 is 0. The van der Waals surface area contributed by atoms with Gasteiger partial charge in [0.25, 0.3) is 0 Å². The van der Waals surface area contributed by atoms with Gasteiger partial charge < -0.3 is 9.32 Å². The zero-order valence-corrected chi connectivity index (χ0v) is 18.5. The number of carbonyl (C=O) groups excluding carboxylic acids is 1. The van der Waals surface area contributed by atoms with Crippen LogP contribution in [0.2, 0.25) is 0 Å². The van der Waals surface area contributed by atoms with E-state index in [0.29, 0.717) is 49.3 Å². The maximum absolute atomic E-state index is 13.1. The van der Waals surface area contributed by atoms with E-state index in [1.54, 1.807) is 18.4 Å². The maximum atomic E-state index is 13.1. The summed E-state index contributed by atoms with van der Waals surface area (Å²) in [6.45, 7) is 5.43. The van der Waals surface area contributed by atoms with Crippen LogP contribution in [-0.4, -0.2) is 42.7 Å². The van der Waals surface area contributed by atoms with E-state index in [1.165, 1.54) is 4.31 Å². The molecule has 0 radical (unpaired) electrons. The Bertz CT molecular complexity index is 955. The summed E-state index contributed by atoms with van der Waals surface area (Å²) < 4.78 is 33.0. The summed E-state index contributed by atoms with van der Waals surface area (Å²) in [4.78, 5) is 15.4. The molecule has 1 amide bonds. The van der Waals surface area contributed by atoms with Crippen molar-refractivity contribution in [1.82, 2.24) is 9.21 Å². The Hall–Kier alpha value is -2.12. The lowest BCUT2D eigenvalue weighted by Gasteiger charge is -2.33. The van der Waals surface area contributed by atoms with Crippen molar-refractivity contribution in [3.8, 4) is 0 Å². The fraction of sp³-hybridized carbons (Fsp3) is 0.522. The maximum Gasteiger partial charge on any atom is 0.243 e. The average molecular weight is 431 g/mol. The standard InChI is InChI=1S/C23H30N2O4S/c1-17(2)18-5-9-22(10-6-18)30(27,28)24-13-11-19(12-14-24)23(26)25(20-7-8-20)16-21-4-3-15-29-21/h3-6,9-10,15,17,19-20H,7-8,11-14,16H2,1-2H3. The van der Waals surface area contributed by atoms with Crippen LogP contribution in [0, 0.1) is 5.92 Å². The largest absolute Gasteiger partial charge is 0.467 e. The average Bonchev–Trinajstić information content (AvgIpc) is 3.47. The minimum atomic E-state index is -3.53. The van der Waals surface area contributed by atoms with E-state index in [2.05, 4.69) is 13.8 Å². The number of sulfonamides is 1. The lowest BCUT2D eigenvalue weighted by Crippen LogP contribution is -2.44. The van der Waals surface area contributed by atoms with Gasteiger partial charge in [0.1, 0.15) is 5.76 Å². The number of hydrogen-bond donors (Lipinski definition) is 0. The van der Waals surface area contributed by atoms with E-state index in [-0.39, 0.29) is 11.8 Å². The monoisotopic (exact) mass is 430 g/mol. The highest BCUT2D eigenvalue weighted by Gasteiger charge is 2.39. The van der Waals surface area contributed by atoms with Crippen LogP contribution < -0.4 is 0 Å². The molecule has 30 heavy (non-hydrogen) atoms. The predicted molar refractivity (Wildman–Crippen MR) is 114 cm³/mol. The molecule has 1 aromatic carbocycles. The highest BCUT2D eigenvalue weighted by molar-refractivity contribution is 7.89. The van der Waals surface area contributed by atoms with Gasteiger partial charge in [-0.15, -0.1) is 0 Å². The van der Waals surface area contributed by atoms with Crippen molar-refractivity contribution in [3.05, 3.63) is 54.0 Å². The van der Waals surface area contributed by atoms with Crippen molar-refractivity contribution >= 4 is 15.9 Å². The van der Waals surface area contributed by atoms with Gasteiger partial charge in [0.2, 0.25) is 15.9 Å². The second-order valence-corrected chi connectivity index (χ2v) is 10.6. The number of benzene rings is 1. The molecule has 2 fully saturated rings. The zero-order valence-electron chi connectivity index (χ0n) is 17.7. The predicted octanol–water partition coefficient (Wildman–Crippen LogP) is 3.99. The van der Waals surface area contributed by atoms with Gasteiger partial charge in [-0.05, 0) is 61.4 Å². The molecule has 0 unspecified atom stereocenters. The molecule has 0 spiro atoms. The minimum absolute atomic E-state index is 0.129. The van der Waals surface area contributed by atoms with Crippen LogP contribution in [0.4, 0.5) is 0 Å². The summed E-state index contributed by atoms with van der Waals surface area (Å²) in [5, 5.41) is 0. The summed E-state index contributed by atoms with van der Waals surface area (Å²) in [6.07, 6.45) is 4.81. The summed E-state index contributed by atoms with van der Waals surface area (Å²) in [5.74, 6) is 1.15. The molecular formula is C23H30N2O4S. The molecule has 0 N–H and O–H groups in total. The number of piperidine rings is 1. The van der Waals surface area contributed by atoms with E-state index in [4.69, 9.17) is 4.42 Å². The van der Waals surface area contributed by atoms with Gasteiger partial charge in [-0.25, -0.2) is 8.42 Å². The summed E-state index contributed by atoms with van der Waals surface area (Å²) in [5.41, 5.74) is 1.12. The van der Waals surface area contributed by atoms with E-state index >= 15 is 0 Å². The number of furan rings is 1. The molecule has 1 aromatic heterocycles. The van der Waals surface area contributed by atoms with Crippen LogP contribution >= 0.6 is 0 Å². The van der Waals surface area contributed by atoms with Crippen molar-refractivity contribution in [2.75, 3.05) is 13.1 Å². The Labute approximate surface area is 178 Å². The number of nitrogens with zero attached hydrogens (tertiary/aromatic N) is 2. The van der Waals surface area contributed by atoms with Crippen molar-refractivity contribution < 1.29 is 17.6 Å². The molecule has 1 saturated heterocycles. The third-order valence-corrected chi connectivity index (χ3v) is 8.08. The Morgan fingerprint density at radius 3 is 2.30 bits per heavy atom. The Morgan fingerprint density at radius 1 is 1.10 bits per heavy atom. The summed E-state index contributed by atoms with van der Waals surface area (Å²) in [7, 11) is -3.53. The smallest absolute Gasteiger partial charge is 0.243 e. The van der Waals surface area contributed by atoms with Crippen molar-refractivity contribution in [2.45, 2.75) is 62.9 Å². The second-order valence-electron chi connectivity index (χ2n) is 8.68. The SMILES string of the molecule is CC(C)c1ccc(S(=O)(=O)N2CCC(C(=O)N(Cc3ccco3)C3CC3)CC2)cc1. The lowest BCUT2D eigenvalue weighted by atomic mass is 9.96. The second kappa shape index (κ2) is 8.55. The van der Waals surface area contributed by atoms with Crippen LogP contribution in [0.1, 0.15) is 56.8 Å². The number of amides is 1. The topological polar surface area (TPSA) is 70.8 Å². The van der Waals surface area contributed by atoms with E-state index in [1.807, 2.05) is 29.2 Å². The van der Waals surface area contributed by atoms with Crippen LogP contribution in [0.5, 0.6) is 0 Å². The molecule has 2 aromatic rings. The molecule has 4 rings (SSSR count). The van der Waals surface area contributed by atoms with Gasteiger partial charge in [-0.1, -0.05) is 26.0 Å². The van der Waals surface area contributed by atoms with Gasteiger partial charge >= 0.3 is 0 Å². The zero-order chi connectivity index (χ0) is 21.3. The molecule has 1 aliphatic carbocycles. The Kier molecular flexibility index (Phi) is 6.02. The fourth-order valence-electron chi connectivity index (χ4n) is 4.09. The number of carbonyl (C=O) groups is 1. The van der Waals surface area contributed by atoms with Crippen molar-refractivity contribution in [1.29, 1.82) is 0 Å². The first-order valence-corrected chi connectivity index (χ1v) is 12.2. The first kappa shape index (κ1) is 21.1. The fourth-order valence-corrected chi connectivity index (χ4v) is 5.56. The Morgan fingerprint density at radius 2 is 1.77 bits per heavy atom. The Balaban J connectivity index is 1.39. The third-order valence-electron chi connectivity index (χ3n) is 6.16. The van der Waals surface area contributed by atoms with Crippen molar-refractivity contribution in [2.24, 2.45) is 5.92 Å².